The number of urea groups is 1. The number of aryl methyl sites for hydroxylation is 1. The Bertz CT molecular complexity index is 553. The SMILES string of the molecule is CC(CNC(=O)N1CCCCC1c1cccn1C)CN1CCOCC1. The molecule has 3 rings (SSSR count). The van der Waals surface area contributed by atoms with E-state index in [9.17, 15) is 4.79 Å². The van der Waals surface area contributed by atoms with Crippen LogP contribution in [-0.2, 0) is 11.8 Å². The molecule has 2 aliphatic rings. The molecule has 1 aromatic rings. The third kappa shape index (κ3) is 4.76. The van der Waals surface area contributed by atoms with Crippen molar-refractivity contribution in [2.45, 2.75) is 32.2 Å². The molecule has 0 saturated carbocycles. The quantitative estimate of drug-likeness (QED) is 0.888. The summed E-state index contributed by atoms with van der Waals surface area (Å²) in [5.74, 6) is 0.445. The molecule has 3 heterocycles. The number of carbonyl (C=O) groups is 1. The topological polar surface area (TPSA) is 49.7 Å². The highest BCUT2D eigenvalue weighted by atomic mass is 16.5. The highest BCUT2D eigenvalue weighted by Crippen LogP contribution is 2.30. The predicted molar refractivity (Wildman–Crippen MR) is 98.5 cm³/mol. The van der Waals surface area contributed by atoms with Crippen LogP contribution in [-0.4, -0.2) is 66.3 Å². The maximum atomic E-state index is 12.8. The monoisotopic (exact) mass is 348 g/mol. The van der Waals surface area contributed by atoms with Gasteiger partial charge in [0.2, 0.25) is 0 Å². The molecule has 2 atom stereocenters. The summed E-state index contributed by atoms with van der Waals surface area (Å²) in [7, 11) is 2.06. The van der Waals surface area contributed by atoms with E-state index in [-0.39, 0.29) is 12.1 Å². The van der Waals surface area contributed by atoms with Crippen LogP contribution in [0.5, 0.6) is 0 Å². The zero-order valence-electron chi connectivity index (χ0n) is 15.6. The first-order chi connectivity index (χ1) is 12.1. The first-order valence-corrected chi connectivity index (χ1v) is 9.61. The Labute approximate surface area is 151 Å². The molecule has 1 aromatic heterocycles. The Balaban J connectivity index is 1.51. The fraction of sp³-hybridized carbons (Fsp3) is 0.737. The number of rotatable bonds is 5. The molecular weight excluding hydrogens is 316 g/mol. The Morgan fingerprint density at radius 2 is 2.12 bits per heavy atom. The van der Waals surface area contributed by atoms with Gasteiger partial charge in [-0.1, -0.05) is 6.92 Å². The predicted octanol–water partition coefficient (Wildman–Crippen LogP) is 2.23. The Morgan fingerprint density at radius 1 is 1.32 bits per heavy atom. The second kappa shape index (κ2) is 8.72. The van der Waals surface area contributed by atoms with E-state index < -0.39 is 0 Å². The lowest BCUT2D eigenvalue weighted by atomic mass is 9.99. The van der Waals surface area contributed by atoms with Crippen molar-refractivity contribution in [2.75, 3.05) is 45.9 Å². The van der Waals surface area contributed by atoms with Crippen molar-refractivity contribution in [2.24, 2.45) is 13.0 Å². The summed E-state index contributed by atoms with van der Waals surface area (Å²) in [6.07, 6.45) is 5.39. The van der Waals surface area contributed by atoms with Crippen LogP contribution < -0.4 is 5.32 Å². The Kier molecular flexibility index (Phi) is 6.37. The maximum Gasteiger partial charge on any atom is 0.317 e. The molecule has 0 bridgehead atoms. The smallest absolute Gasteiger partial charge is 0.317 e. The zero-order chi connectivity index (χ0) is 17.6. The lowest BCUT2D eigenvalue weighted by Gasteiger charge is -2.36. The molecule has 25 heavy (non-hydrogen) atoms. The van der Waals surface area contributed by atoms with Gasteiger partial charge in [0.05, 0.1) is 19.3 Å². The second-order valence-corrected chi connectivity index (χ2v) is 7.45. The number of hydrogen-bond donors (Lipinski definition) is 1. The minimum atomic E-state index is 0.0831. The number of piperidine rings is 1. The number of likely N-dealkylation sites (tertiary alicyclic amines) is 1. The van der Waals surface area contributed by atoms with Gasteiger partial charge < -0.3 is 19.5 Å². The van der Waals surface area contributed by atoms with Crippen LogP contribution in [0.25, 0.3) is 0 Å². The van der Waals surface area contributed by atoms with Gasteiger partial charge in [0.1, 0.15) is 0 Å². The molecule has 1 N–H and O–H groups in total. The molecule has 2 unspecified atom stereocenters. The van der Waals surface area contributed by atoms with Crippen molar-refractivity contribution in [3.05, 3.63) is 24.0 Å². The summed E-state index contributed by atoms with van der Waals surface area (Å²) in [5.41, 5.74) is 1.23. The van der Waals surface area contributed by atoms with E-state index in [1.165, 1.54) is 12.1 Å². The number of carbonyl (C=O) groups excluding carboxylic acids is 1. The van der Waals surface area contributed by atoms with Crippen LogP contribution >= 0.6 is 0 Å². The first-order valence-electron chi connectivity index (χ1n) is 9.61. The maximum absolute atomic E-state index is 12.8. The summed E-state index contributed by atoms with van der Waals surface area (Å²) in [6.45, 7) is 8.45. The van der Waals surface area contributed by atoms with Gasteiger partial charge in [0.25, 0.3) is 0 Å². The van der Waals surface area contributed by atoms with E-state index in [4.69, 9.17) is 4.74 Å². The molecular formula is C19H32N4O2. The summed E-state index contributed by atoms with van der Waals surface area (Å²) >= 11 is 0. The van der Waals surface area contributed by atoms with Crippen molar-refractivity contribution < 1.29 is 9.53 Å². The molecule has 0 radical (unpaired) electrons. The third-order valence-corrected chi connectivity index (χ3v) is 5.36. The molecule has 0 aromatic carbocycles. The van der Waals surface area contributed by atoms with E-state index in [0.717, 1.165) is 58.8 Å². The number of nitrogens with zero attached hydrogens (tertiary/aromatic N) is 3. The van der Waals surface area contributed by atoms with Crippen LogP contribution in [0, 0.1) is 5.92 Å². The average Bonchev–Trinajstić information content (AvgIpc) is 3.06. The van der Waals surface area contributed by atoms with Gasteiger partial charge in [-0.25, -0.2) is 4.79 Å². The lowest BCUT2D eigenvalue weighted by Crippen LogP contribution is -2.47. The van der Waals surface area contributed by atoms with Gasteiger partial charge in [-0.2, -0.15) is 0 Å². The fourth-order valence-corrected chi connectivity index (χ4v) is 3.95. The van der Waals surface area contributed by atoms with E-state index >= 15 is 0 Å². The first kappa shape index (κ1) is 18.3. The average molecular weight is 348 g/mol. The van der Waals surface area contributed by atoms with Gasteiger partial charge in [-0.05, 0) is 37.3 Å². The number of hydrogen-bond acceptors (Lipinski definition) is 3. The van der Waals surface area contributed by atoms with Gasteiger partial charge in [-0.15, -0.1) is 0 Å². The number of nitrogens with one attached hydrogen (secondary N) is 1. The Hall–Kier alpha value is -1.53. The molecule has 2 saturated heterocycles. The van der Waals surface area contributed by atoms with E-state index in [2.05, 4.69) is 47.1 Å². The van der Waals surface area contributed by atoms with Crippen LogP contribution in [0.3, 0.4) is 0 Å². The number of ether oxygens (including phenoxy) is 1. The third-order valence-electron chi connectivity index (χ3n) is 5.36. The largest absolute Gasteiger partial charge is 0.379 e. The van der Waals surface area contributed by atoms with Crippen LogP contribution in [0.15, 0.2) is 18.3 Å². The van der Waals surface area contributed by atoms with Crippen molar-refractivity contribution >= 4 is 6.03 Å². The lowest BCUT2D eigenvalue weighted by molar-refractivity contribution is 0.0318. The van der Waals surface area contributed by atoms with E-state index in [1.54, 1.807) is 0 Å². The van der Waals surface area contributed by atoms with Crippen LogP contribution in [0.4, 0.5) is 4.79 Å². The van der Waals surface area contributed by atoms with Crippen molar-refractivity contribution in [1.82, 2.24) is 19.7 Å². The number of amides is 2. The summed E-state index contributed by atoms with van der Waals surface area (Å²) in [5, 5.41) is 3.17. The standard InChI is InChI=1S/C19H32N4O2/c1-16(15-22-10-12-25-13-11-22)14-20-19(24)23-9-4-3-6-18(23)17-7-5-8-21(17)2/h5,7-8,16,18H,3-4,6,9-15H2,1-2H3,(H,20,24). The molecule has 2 amide bonds. The minimum absolute atomic E-state index is 0.0831. The van der Waals surface area contributed by atoms with Gasteiger partial charge in [0.15, 0.2) is 0 Å². The molecule has 2 fully saturated rings. The molecule has 6 heteroatoms. The van der Waals surface area contributed by atoms with E-state index in [0.29, 0.717) is 5.92 Å². The molecule has 2 aliphatic heterocycles. The fourth-order valence-electron chi connectivity index (χ4n) is 3.95. The van der Waals surface area contributed by atoms with Crippen LogP contribution in [0.1, 0.15) is 37.9 Å². The van der Waals surface area contributed by atoms with Crippen molar-refractivity contribution in [3.8, 4) is 0 Å². The minimum Gasteiger partial charge on any atom is -0.379 e. The Morgan fingerprint density at radius 3 is 2.84 bits per heavy atom. The van der Waals surface area contributed by atoms with Gasteiger partial charge >= 0.3 is 6.03 Å². The van der Waals surface area contributed by atoms with Gasteiger partial charge in [-0.3, -0.25) is 4.90 Å². The highest BCUT2D eigenvalue weighted by molar-refractivity contribution is 5.74. The molecule has 0 aliphatic carbocycles. The zero-order valence-corrected chi connectivity index (χ0v) is 15.6. The second-order valence-electron chi connectivity index (χ2n) is 7.45. The van der Waals surface area contributed by atoms with Gasteiger partial charge in [0, 0.05) is 51.7 Å². The molecule has 6 nitrogen and oxygen atoms in total. The van der Waals surface area contributed by atoms with Crippen molar-refractivity contribution in [3.63, 3.8) is 0 Å². The number of morpholine rings is 1. The van der Waals surface area contributed by atoms with Crippen LogP contribution in [0.2, 0.25) is 0 Å². The molecule has 140 valence electrons. The molecule has 0 spiro atoms. The summed E-state index contributed by atoms with van der Waals surface area (Å²) in [6, 6.07) is 4.48. The highest BCUT2D eigenvalue weighted by Gasteiger charge is 2.29. The van der Waals surface area contributed by atoms with Crippen molar-refractivity contribution in [1.29, 1.82) is 0 Å². The number of aromatic nitrogens is 1. The summed E-state index contributed by atoms with van der Waals surface area (Å²) in [4.78, 5) is 17.2. The van der Waals surface area contributed by atoms with E-state index in [1.807, 2.05) is 4.90 Å². The normalized spacial score (nSPS) is 23.4. The summed E-state index contributed by atoms with van der Waals surface area (Å²) < 4.78 is 7.53.